The molecule has 0 spiro atoms. The van der Waals surface area contributed by atoms with E-state index >= 15 is 0 Å². The summed E-state index contributed by atoms with van der Waals surface area (Å²) in [6.07, 6.45) is 1.80. The minimum Gasteiger partial charge on any atom is -0.383 e. The molecule has 1 N–H and O–H groups in total. The quantitative estimate of drug-likeness (QED) is 0.620. The van der Waals surface area contributed by atoms with Crippen LogP contribution in [0, 0.1) is 5.82 Å². The van der Waals surface area contributed by atoms with Crippen molar-refractivity contribution in [2.45, 2.75) is 13.1 Å². The molecule has 0 atom stereocenters. The molecule has 0 unspecified atom stereocenters. The number of aromatic nitrogens is 2. The third-order valence-corrected chi connectivity index (χ3v) is 4.35. The molecular formula is C19H19BrFN3O. The van der Waals surface area contributed by atoms with Crippen molar-refractivity contribution in [1.82, 2.24) is 9.55 Å². The Morgan fingerprint density at radius 3 is 2.72 bits per heavy atom. The molecule has 25 heavy (non-hydrogen) atoms. The number of anilines is 1. The number of halogens is 2. The molecule has 0 saturated heterocycles. The van der Waals surface area contributed by atoms with Crippen LogP contribution in [0.5, 0.6) is 0 Å². The number of benzene rings is 2. The summed E-state index contributed by atoms with van der Waals surface area (Å²) in [6, 6.07) is 14.5. The Hall–Kier alpha value is -2.18. The van der Waals surface area contributed by atoms with Crippen molar-refractivity contribution in [1.29, 1.82) is 0 Å². The zero-order valence-corrected chi connectivity index (χ0v) is 15.5. The third-order valence-electron chi connectivity index (χ3n) is 3.85. The second-order valence-electron chi connectivity index (χ2n) is 5.60. The second-order valence-corrected chi connectivity index (χ2v) is 6.52. The predicted molar refractivity (Wildman–Crippen MR) is 101 cm³/mol. The van der Waals surface area contributed by atoms with Crippen molar-refractivity contribution in [3.63, 3.8) is 0 Å². The van der Waals surface area contributed by atoms with E-state index in [1.165, 1.54) is 12.1 Å². The minimum atomic E-state index is -0.250. The summed E-state index contributed by atoms with van der Waals surface area (Å²) in [5.74, 6) is 0.510. The van der Waals surface area contributed by atoms with Gasteiger partial charge < -0.3 is 14.6 Å². The van der Waals surface area contributed by atoms with E-state index < -0.39 is 0 Å². The normalized spacial score (nSPS) is 10.8. The number of hydrogen-bond acceptors (Lipinski definition) is 3. The van der Waals surface area contributed by atoms with Crippen LogP contribution in [0.2, 0.25) is 0 Å². The van der Waals surface area contributed by atoms with Gasteiger partial charge in [-0.3, -0.25) is 0 Å². The summed E-state index contributed by atoms with van der Waals surface area (Å²) in [6.45, 7) is 1.88. The predicted octanol–water partition coefficient (Wildman–Crippen LogP) is 4.71. The van der Waals surface area contributed by atoms with Gasteiger partial charge in [-0.25, -0.2) is 9.37 Å². The second kappa shape index (κ2) is 8.27. The van der Waals surface area contributed by atoms with Crippen LogP contribution in [0.4, 0.5) is 10.3 Å². The fourth-order valence-corrected chi connectivity index (χ4v) is 3.05. The van der Waals surface area contributed by atoms with Crippen LogP contribution in [0.3, 0.4) is 0 Å². The number of methoxy groups -OCH3 is 1. The first kappa shape index (κ1) is 17.6. The number of nitrogens with one attached hydrogen (secondary N) is 1. The smallest absolute Gasteiger partial charge is 0.203 e. The van der Waals surface area contributed by atoms with Gasteiger partial charge in [-0.1, -0.05) is 28.1 Å². The Bertz CT molecular complexity index is 833. The largest absolute Gasteiger partial charge is 0.383 e. The summed E-state index contributed by atoms with van der Waals surface area (Å²) in [5, 5.41) is 3.37. The van der Waals surface area contributed by atoms with E-state index in [1.54, 1.807) is 25.4 Å². The zero-order valence-electron chi connectivity index (χ0n) is 13.9. The molecule has 1 heterocycles. The monoisotopic (exact) mass is 403 g/mol. The number of hydrogen-bond donors (Lipinski definition) is 1. The topological polar surface area (TPSA) is 39.1 Å². The Balaban J connectivity index is 1.84. The Labute approximate surface area is 154 Å². The van der Waals surface area contributed by atoms with Crippen LogP contribution in [-0.4, -0.2) is 23.3 Å². The first-order chi connectivity index (χ1) is 12.2. The number of nitrogens with zero attached hydrogens (tertiary/aromatic N) is 2. The molecule has 0 aliphatic rings. The molecular weight excluding hydrogens is 385 g/mol. The molecule has 0 bridgehead atoms. The third kappa shape index (κ3) is 4.46. The van der Waals surface area contributed by atoms with E-state index in [1.807, 2.05) is 12.1 Å². The maximum atomic E-state index is 13.2. The summed E-state index contributed by atoms with van der Waals surface area (Å²) in [5.41, 5.74) is 2.99. The molecule has 0 amide bonds. The first-order valence-electron chi connectivity index (χ1n) is 7.96. The highest BCUT2D eigenvalue weighted by Gasteiger charge is 2.12. The maximum Gasteiger partial charge on any atom is 0.203 e. The Morgan fingerprint density at radius 1 is 1.20 bits per heavy atom. The lowest BCUT2D eigenvalue weighted by molar-refractivity contribution is 0.188. The number of rotatable bonds is 7. The average Bonchev–Trinajstić information content (AvgIpc) is 3.01. The van der Waals surface area contributed by atoms with Crippen molar-refractivity contribution in [2.75, 3.05) is 19.0 Å². The highest BCUT2D eigenvalue weighted by molar-refractivity contribution is 9.10. The van der Waals surface area contributed by atoms with Gasteiger partial charge in [0.25, 0.3) is 0 Å². The number of ether oxygens (including phenoxy) is 1. The van der Waals surface area contributed by atoms with Crippen molar-refractivity contribution >= 4 is 21.9 Å². The van der Waals surface area contributed by atoms with Crippen LogP contribution >= 0.6 is 15.9 Å². The van der Waals surface area contributed by atoms with E-state index in [4.69, 9.17) is 4.74 Å². The van der Waals surface area contributed by atoms with Crippen LogP contribution in [0.15, 0.2) is 59.2 Å². The van der Waals surface area contributed by atoms with E-state index in [9.17, 15) is 4.39 Å². The minimum absolute atomic E-state index is 0.250. The molecule has 1 aromatic heterocycles. The van der Waals surface area contributed by atoms with Gasteiger partial charge in [-0.15, -0.1) is 0 Å². The zero-order chi connectivity index (χ0) is 17.6. The van der Waals surface area contributed by atoms with E-state index in [0.717, 1.165) is 27.2 Å². The first-order valence-corrected chi connectivity index (χ1v) is 8.75. The van der Waals surface area contributed by atoms with Crippen molar-refractivity contribution in [3.8, 4) is 11.3 Å². The molecule has 6 heteroatoms. The molecule has 130 valence electrons. The lowest BCUT2D eigenvalue weighted by atomic mass is 10.1. The fraction of sp³-hybridized carbons (Fsp3) is 0.211. The van der Waals surface area contributed by atoms with Crippen molar-refractivity contribution < 1.29 is 9.13 Å². The summed E-state index contributed by atoms with van der Waals surface area (Å²) in [4.78, 5) is 4.50. The summed E-state index contributed by atoms with van der Waals surface area (Å²) >= 11 is 3.48. The van der Waals surface area contributed by atoms with Gasteiger partial charge in [0.1, 0.15) is 5.82 Å². The van der Waals surface area contributed by atoms with Gasteiger partial charge in [0, 0.05) is 30.2 Å². The Kier molecular flexibility index (Phi) is 5.83. The fourth-order valence-electron chi connectivity index (χ4n) is 2.60. The van der Waals surface area contributed by atoms with Gasteiger partial charge in [0.05, 0.1) is 18.5 Å². The SMILES string of the molecule is COCCn1c(-c2ccc(F)cc2)cnc1NCc1cccc(Br)c1. The lowest BCUT2D eigenvalue weighted by Gasteiger charge is -2.13. The molecule has 0 aliphatic heterocycles. The van der Waals surface area contributed by atoms with E-state index in [0.29, 0.717) is 19.7 Å². The van der Waals surface area contributed by atoms with Gasteiger partial charge in [-0.2, -0.15) is 0 Å². The van der Waals surface area contributed by atoms with Crippen LogP contribution in [0.1, 0.15) is 5.56 Å². The van der Waals surface area contributed by atoms with E-state index in [2.05, 4.69) is 42.9 Å². The Morgan fingerprint density at radius 2 is 2.00 bits per heavy atom. The summed E-state index contributed by atoms with van der Waals surface area (Å²) in [7, 11) is 1.67. The van der Waals surface area contributed by atoms with Gasteiger partial charge in [-0.05, 0) is 42.0 Å². The molecule has 2 aromatic carbocycles. The van der Waals surface area contributed by atoms with Crippen LogP contribution < -0.4 is 5.32 Å². The van der Waals surface area contributed by atoms with Crippen molar-refractivity contribution in [3.05, 3.63) is 70.6 Å². The van der Waals surface area contributed by atoms with Gasteiger partial charge >= 0.3 is 0 Å². The van der Waals surface area contributed by atoms with Crippen LogP contribution in [0.25, 0.3) is 11.3 Å². The van der Waals surface area contributed by atoms with Crippen molar-refractivity contribution in [2.24, 2.45) is 0 Å². The van der Waals surface area contributed by atoms with Gasteiger partial charge in [0.2, 0.25) is 5.95 Å². The molecule has 3 rings (SSSR count). The molecule has 0 saturated carbocycles. The molecule has 0 fully saturated rings. The van der Waals surface area contributed by atoms with Gasteiger partial charge in [0.15, 0.2) is 0 Å². The lowest BCUT2D eigenvalue weighted by Crippen LogP contribution is -2.11. The molecule has 3 aromatic rings. The molecule has 4 nitrogen and oxygen atoms in total. The molecule has 0 aliphatic carbocycles. The molecule has 0 radical (unpaired) electrons. The standard InChI is InChI=1S/C19H19BrFN3O/c1-25-10-9-24-18(15-5-7-17(21)8-6-15)13-23-19(24)22-12-14-3-2-4-16(20)11-14/h2-8,11,13H,9-10,12H2,1H3,(H,22,23). The highest BCUT2D eigenvalue weighted by atomic mass is 79.9. The highest BCUT2D eigenvalue weighted by Crippen LogP contribution is 2.24. The number of imidazole rings is 1. The maximum absolute atomic E-state index is 13.2. The van der Waals surface area contributed by atoms with E-state index in [-0.39, 0.29) is 5.82 Å². The van der Waals surface area contributed by atoms with Crippen LogP contribution in [-0.2, 0) is 17.8 Å². The average molecular weight is 404 g/mol. The summed E-state index contributed by atoms with van der Waals surface area (Å²) < 4.78 is 21.5.